The number of carbonyl (C=O) groups is 1. The van der Waals surface area contributed by atoms with Crippen LogP contribution in [0.3, 0.4) is 0 Å². The van der Waals surface area contributed by atoms with Crippen molar-refractivity contribution in [2.45, 2.75) is 13.0 Å². The van der Waals surface area contributed by atoms with Gasteiger partial charge in [0, 0.05) is 4.47 Å². The number of nitrogen functional groups attached to an aromatic ring is 1. The maximum Gasteiger partial charge on any atom is 0.263 e. The molecule has 0 bridgehead atoms. The second-order valence-electron chi connectivity index (χ2n) is 3.95. The number of hydrogen-bond acceptors (Lipinski definition) is 3. The van der Waals surface area contributed by atoms with Crippen molar-refractivity contribution in [2.24, 2.45) is 0 Å². The van der Waals surface area contributed by atoms with Gasteiger partial charge in [-0.1, -0.05) is 28.1 Å². The number of benzene rings is 1. The molecule has 0 aliphatic rings. The van der Waals surface area contributed by atoms with E-state index in [2.05, 4.69) is 21.2 Å². The molecule has 1 heterocycles. The third kappa shape index (κ3) is 2.91. The highest BCUT2D eigenvalue weighted by molar-refractivity contribution is 9.10. The van der Waals surface area contributed by atoms with Gasteiger partial charge in [-0.25, -0.2) is 0 Å². The van der Waals surface area contributed by atoms with E-state index in [0.717, 1.165) is 10.0 Å². The van der Waals surface area contributed by atoms with E-state index >= 15 is 0 Å². The molecule has 1 atom stereocenters. The van der Waals surface area contributed by atoms with E-state index in [9.17, 15) is 4.79 Å². The first kappa shape index (κ1) is 13.1. The van der Waals surface area contributed by atoms with Crippen LogP contribution in [0.25, 0.3) is 0 Å². The summed E-state index contributed by atoms with van der Waals surface area (Å²) in [7, 11) is 0. The molecule has 0 aliphatic heterocycles. The Bertz CT molecular complexity index is 550. The molecule has 1 amide bonds. The summed E-state index contributed by atoms with van der Waals surface area (Å²) in [6.07, 6.45) is 0. The van der Waals surface area contributed by atoms with Crippen molar-refractivity contribution in [2.75, 3.05) is 5.73 Å². The fourth-order valence-corrected chi connectivity index (χ4v) is 2.59. The van der Waals surface area contributed by atoms with E-state index in [1.54, 1.807) is 6.07 Å². The van der Waals surface area contributed by atoms with Crippen LogP contribution in [0.4, 0.5) is 5.69 Å². The molecule has 2 aromatic rings. The summed E-state index contributed by atoms with van der Waals surface area (Å²) in [5.41, 5.74) is 7.30. The summed E-state index contributed by atoms with van der Waals surface area (Å²) in [5, 5.41) is 4.75. The molecule has 94 valence electrons. The minimum atomic E-state index is -0.127. The van der Waals surface area contributed by atoms with Gasteiger partial charge in [0.2, 0.25) is 0 Å². The zero-order valence-corrected chi connectivity index (χ0v) is 12.2. The molecule has 1 aromatic carbocycles. The molecule has 3 N–H and O–H groups in total. The molecule has 2 rings (SSSR count). The third-order valence-electron chi connectivity index (χ3n) is 2.62. The first-order valence-corrected chi connectivity index (χ1v) is 7.14. The lowest BCUT2D eigenvalue weighted by Crippen LogP contribution is -2.26. The van der Waals surface area contributed by atoms with Crippen molar-refractivity contribution in [3.63, 3.8) is 0 Å². The molecule has 0 saturated carbocycles. The monoisotopic (exact) mass is 324 g/mol. The molecule has 18 heavy (non-hydrogen) atoms. The zero-order chi connectivity index (χ0) is 13.1. The number of halogens is 1. The summed E-state index contributed by atoms with van der Waals surface area (Å²) in [5.74, 6) is -0.127. The minimum absolute atomic E-state index is 0.0490. The van der Waals surface area contributed by atoms with Crippen molar-refractivity contribution in [1.82, 2.24) is 5.32 Å². The lowest BCUT2D eigenvalue weighted by Gasteiger charge is -2.14. The number of nitrogens with one attached hydrogen (secondary N) is 1. The number of anilines is 1. The second-order valence-corrected chi connectivity index (χ2v) is 5.78. The molecular weight excluding hydrogens is 312 g/mol. The summed E-state index contributed by atoms with van der Waals surface area (Å²) in [6, 6.07) is 9.56. The number of carbonyl (C=O) groups excluding carboxylic acids is 1. The third-order valence-corrected chi connectivity index (χ3v) is 4.08. The predicted octanol–water partition coefficient (Wildman–Crippen LogP) is 3.58. The number of rotatable bonds is 3. The molecular formula is C13H13BrN2OS. The number of hydrogen-bond donors (Lipinski definition) is 2. The van der Waals surface area contributed by atoms with Gasteiger partial charge in [-0.15, -0.1) is 11.3 Å². The Kier molecular flexibility index (Phi) is 4.04. The number of thiophene rings is 1. The Morgan fingerprint density at radius 3 is 2.56 bits per heavy atom. The fourth-order valence-electron chi connectivity index (χ4n) is 1.60. The largest absolute Gasteiger partial charge is 0.397 e. The van der Waals surface area contributed by atoms with Gasteiger partial charge in [-0.2, -0.15) is 0 Å². The molecule has 5 heteroatoms. The Balaban J connectivity index is 2.08. The highest BCUT2D eigenvalue weighted by atomic mass is 79.9. The SMILES string of the molecule is C[C@H](NC(=O)c1sccc1N)c1ccc(Br)cc1. The summed E-state index contributed by atoms with van der Waals surface area (Å²) < 4.78 is 1.02. The first-order chi connectivity index (χ1) is 8.58. The van der Waals surface area contributed by atoms with Gasteiger partial charge in [-0.05, 0) is 36.1 Å². The highest BCUT2D eigenvalue weighted by Gasteiger charge is 2.14. The van der Waals surface area contributed by atoms with Gasteiger partial charge in [0.15, 0.2) is 0 Å². The van der Waals surface area contributed by atoms with E-state index < -0.39 is 0 Å². The molecule has 0 unspecified atom stereocenters. The Hall–Kier alpha value is -1.33. The van der Waals surface area contributed by atoms with E-state index in [0.29, 0.717) is 10.6 Å². The van der Waals surface area contributed by atoms with E-state index in [4.69, 9.17) is 5.73 Å². The predicted molar refractivity (Wildman–Crippen MR) is 78.8 cm³/mol. The van der Waals surface area contributed by atoms with Gasteiger partial charge in [-0.3, -0.25) is 4.79 Å². The van der Waals surface area contributed by atoms with E-state index in [1.807, 2.05) is 36.6 Å². The van der Waals surface area contributed by atoms with Crippen LogP contribution in [0, 0.1) is 0 Å². The molecule has 1 aromatic heterocycles. The van der Waals surface area contributed by atoms with Crippen molar-refractivity contribution in [3.05, 3.63) is 50.6 Å². The minimum Gasteiger partial charge on any atom is -0.397 e. The van der Waals surface area contributed by atoms with Gasteiger partial charge >= 0.3 is 0 Å². The maximum atomic E-state index is 12.0. The van der Waals surface area contributed by atoms with Crippen LogP contribution in [0.15, 0.2) is 40.2 Å². The standard InChI is InChI=1S/C13H13BrN2OS/c1-8(9-2-4-10(14)5-3-9)16-13(17)12-11(15)6-7-18-12/h2-8H,15H2,1H3,(H,16,17)/t8-/m0/s1. The second kappa shape index (κ2) is 5.54. The van der Waals surface area contributed by atoms with Crippen LogP contribution in [0.2, 0.25) is 0 Å². The van der Waals surface area contributed by atoms with E-state index in [-0.39, 0.29) is 11.9 Å². The summed E-state index contributed by atoms with van der Waals surface area (Å²) in [6.45, 7) is 1.95. The van der Waals surface area contributed by atoms with Gasteiger partial charge in [0.1, 0.15) is 4.88 Å². The average Bonchev–Trinajstić information content (AvgIpc) is 2.76. The summed E-state index contributed by atoms with van der Waals surface area (Å²) in [4.78, 5) is 12.6. The lowest BCUT2D eigenvalue weighted by molar-refractivity contribution is 0.0945. The Labute approximate surface area is 118 Å². The normalized spacial score (nSPS) is 12.1. The van der Waals surface area contributed by atoms with Crippen molar-refractivity contribution < 1.29 is 4.79 Å². The van der Waals surface area contributed by atoms with Gasteiger partial charge in [0.05, 0.1) is 11.7 Å². The quantitative estimate of drug-likeness (QED) is 0.906. The molecule has 3 nitrogen and oxygen atoms in total. The van der Waals surface area contributed by atoms with Crippen LogP contribution >= 0.6 is 27.3 Å². The van der Waals surface area contributed by atoms with Crippen LogP contribution in [-0.4, -0.2) is 5.91 Å². The average molecular weight is 325 g/mol. The Morgan fingerprint density at radius 1 is 1.33 bits per heavy atom. The van der Waals surface area contributed by atoms with Crippen molar-refractivity contribution >= 4 is 38.9 Å². The van der Waals surface area contributed by atoms with Gasteiger partial charge < -0.3 is 11.1 Å². The lowest BCUT2D eigenvalue weighted by atomic mass is 10.1. The molecule has 0 spiro atoms. The smallest absolute Gasteiger partial charge is 0.263 e. The highest BCUT2D eigenvalue weighted by Crippen LogP contribution is 2.21. The summed E-state index contributed by atoms with van der Waals surface area (Å²) >= 11 is 4.74. The molecule has 0 radical (unpaired) electrons. The van der Waals surface area contributed by atoms with Crippen LogP contribution < -0.4 is 11.1 Å². The topological polar surface area (TPSA) is 55.1 Å². The number of amides is 1. The van der Waals surface area contributed by atoms with Gasteiger partial charge in [0.25, 0.3) is 5.91 Å². The maximum absolute atomic E-state index is 12.0. The zero-order valence-electron chi connectivity index (χ0n) is 9.81. The fraction of sp³-hybridized carbons (Fsp3) is 0.154. The molecule has 0 fully saturated rings. The van der Waals surface area contributed by atoms with Crippen LogP contribution in [-0.2, 0) is 0 Å². The van der Waals surface area contributed by atoms with Crippen molar-refractivity contribution in [1.29, 1.82) is 0 Å². The number of nitrogens with two attached hydrogens (primary N) is 1. The molecule has 0 saturated heterocycles. The van der Waals surface area contributed by atoms with Crippen LogP contribution in [0.1, 0.15) is 28.2 Å². The Morgan fingerprint density at radius 2 is 2.00 bits per heavy atom. The van der Waals surface area contributed by atoms with Crippen LogP contribution in [0.5, 0.6) is 0 Å². The van der Waals surface area contributed by atoms with E-state index in [1.165, 1.54) is 11.3 Å². The van der Waals surface area contributed by atoms with Crippen molar-refractivity contribution in [3.8, 4) is 0 Å². The first-order valence-electron chi connectivity index (χ1n) is 5.47. The molecule has 0 aliphatic carbocycles.